The zero-order valence-corrected chi connectivity index (χ0v) is 10.1. The molecule has 0 aliphatic rings. The fraction of sp³-hybridized carbons (Fsp3) is 0.545. The number of rotatable bonds is 7. The van der Waals surface area contributed by atoms with E-state index in [0.29, 0.717) is 18.6 Å². The lowest BCUT2D eigenvalue weighted by Gasteiger charge is -2.05. The van der Waals surface area contributed by atoms with Gasteiger partial charge in [-0.05, 0) is 12.8 Å². The van der Waals surface area contributed by atoms with Crippen molar-refractivity contribution in [2.75, 3.05) is 13.2 Å². The van der Waals surface area contributed by atoms with Crippen LogP contribution in [-0.2, 0) is 11.2 Å². The Morgan fingerprint density at radius 2 is 2.33 bits per heavy atom. The number of carbonyl (C=O) groups excluding carboxylic acids is 1. The summed E-state index contributed by atoms with van der Waals surface area (Å²) in [7, 11) is 0. The van der Waals surface area contributed by atoms with Gasteiger partial charge in [0.25, 0.3) is 0 Å². The van der Waals surface area contributed by atoms with Gasteiger partial charge in [-0.1, -0.05) is 18.5 Å². The van der Waals surface area contributed by atoms with Crippen LogP contribution in [0.3, 0.4) is 0 Å². The van der Waals surface area contributed by atoms with Gasteiger partial charge in [-0.25, -0.2) is 9.59 Å². The number of carboxylic acid groups (broad SMARTS) is 1. The zero-order chi connectivity index (χ0) is 13.4. The average molecular weight is 256 g/mol. The van der Waals surface area contributed by atoms with Crippen molar-refractivity contribution in [3.8, 4) is 0 Å². The van der Waals surface area contributed by atoms with E-state index in [0.717, 1.165) is 12.8 Å². The van der Waals surface area contributed by atoms with Gasteiger partial charge < -0.3 is 19.7 Å². The van der Waals surface area contributed by atoms with Gasteiger partial charge in [-0.2, -0.15) is 0 Å². The smallest absolute Gasteiger partial charge is 0.407 e. The molecule has 0 saturated carbocycles. The number of nitrogens with one attached hydrogen (secondary N) is 1. The van der Waals surface area contributed by atoms with Crippen molar-refractivity contribution in [2.45, 2.75) is 26.2 Å². The molecule has 18 heavy (non-hydrogen) atoms. The molecule has 0 aliphatic carbocycles. The molecule has 1 rings (SSSR count). The van der Waals surface area contributed by atoms with E-state index >= 15 is 0 Å². The fourth-order valence-electron chi connectivity index (χ4n) is 1.27. The van der Waals surface area contributed by atoms with Crippen molar-refractivity contribution in [2.24, 2.45) is 0 Å². The zero-order valence-electron chi connectivity index (χ0n) is 10.1. The summed E-state index contributed by atoms with van der Waals surface area (Å²) >= 11 is 0. The number of unbranched alkanes of at least 4 members (excludes halogenated alkanes) is 1. The van der Waals surface area contributed by atoms with Gasteiger partial charge in [0, 0.05) is 12.1 Å². The molecule has 0 aliphatic heterocycles. The summed E-state index contributed by atoms with van der Waals surface area (Å²) in [4.78, 5) is 21.9. The van der Waals surface area contributed by atoms with Crippen LogP contribution in [0, 0.1) is 0 Å². The van der Waals surface area contributed by atoms with Gasteiger partial charge in [-0.3, -0.25) is 0 Å². The number of nitrogens with zero attached hydrogens (tertiary/aromatic N) is 1. The van der Waals surface area contributed by atoms with Crippen molar-refractivity contribution in [3.05, 3.63) is 17.5 Å². The number of alkyl carbamates (subject to hydrolysis) is 1. The topological polar surface area (TPSA) is 102 Å². The van der Waals surface area contributed by atoms with Gasteiger partial charge in [0.05, 0.1) is 6.61 Å². The molecular formula is C11H16N2O5. The van der Waals surface area contributed by atoms with Gasteiger partial charge in [0.1, 0.15) is 6.26 Å². The molecule has 0 radical (unpaired) electrons. The number of hydrogen-bond donors (Lipinski definition) is 2. The van der Waals surface area contributed by atoms with E-state index in [2.05, 4.69) is 15.0 Å². The van der Waals surface area contributed by atoms with Crippen molar-refractivity contribution in [1.29, 1.82) is 0 Å². The maximum Gasteiger partial charge on any atom is 0.407 e. The minimum atomic E-state index is -1.15. The number of amides is 1. The van der Waals surface area contributed by atoms with E-state index in [1.54, 1.807) is 0 Å². The molecule has 7 nitrogen and oxygen atoms in total. The third kappa shape index (κ3) is 4.44. The minimum Gasteiger partial charge on any atom is -0.476 e. The van der Waals surface area contributed by atoms with E-state index in [1.807, 2.05) is 6.92 Å². The highest BCUT2D eigenvalue weighted by atomic mass is 16.5. The lowest BCUT2D eigenvalue weighted by molar-refractivity contribution is 0.0684. The molecule has 1 heterocycles. The van der Waals surface area contributed by atoms with E-state index in [9.17, 15) is 9.59 Å². The van der Waals surface area contributed by atoms with Gasteiger partial charge >= 0.3 is 12.1 Å². The molecule has 0 saturated heterocycles. The quantitative estimate of drug-likeness (QED) is 0.716. The number of carboxylic acids is 1. The maximum atomic E-state index is 11.2. The second-order valence-electron chi connectivity index (χ2n) is 3.66. The maximum absolute atomic E-state index is 11.2. The second-order valence-corrected chi connectivity index (χ2v) is 3.66. The van der Waals surface area contributed by atoms with Gasteiger partial charge in [0.2, 0.25) is 0 Å². The predicted molar refractivity (Wildman–Crippen MR) is 61.4 cm³/mol. The Balaban J connectivity index is 2.27. The average Bonchev–Trinajstić information content (AvgIpc) is 2.78. The summed E-state index contributed by atoms with van der Waals surface area (Å²) in [6.45, 7) is 2.66. The Hall–Kier alpha value is -2.05. The Kier molecular flexibility index (Phi) is 5.69. The lowest BCUT2D eigenvalue weighted by atomic mass is 10.2. The van der Waals surface area contributed by atoms with Crippen LogP contribution in [0.1, 0.15) is 35.8 Å². The Labute approximate surface area is 104 Å². The van der Waals surface area contributed by atoms with E-state index in [-0.39, 0.29) is 12.2 Å². The summed E-state index contributed by atoms with van der Waals surface area (Å²) in [5, 5.41) is 14.6. The highest BCUT2D eigenvalue weighted by Crippen LogP contribution is 2.06. The molecule has 2 N–H and O–H groups in total. The third-order valence-electron chi connectivity index (χ3n) is 2.24. The summed E-state index contributed by atoms with van der Waals surface area (Å²) in [5.74, 6) is -1.15. The minimum absolute atomic E-state index is 0.129. The van der Waals surface area contributed by atoms with E-state index < -0.39 is 12.1 Å². The van der Waals surface area contributed by atoms with Crippen LogP contribution in [0.25, 0.3) is 0 Å². The summed E-state index contributed by atoms with van der Waals surface area (Å²) in [6.07, 6.45) is 2.86. The molecule has 0 fully saturated rings. The van der Waals surface area contributed by atoms with Crippen LogP contribution in [0.15, 0.2) is 10.8 Å². The highest BCUT2D eigenvalue weighted by Gasteiger charge is 2.14. The fourth-order valence-corrected chi connectivity index (χ4v) is 1.27. The number of hydrogen-bond acceptors (Lipinski definition) is 5. The van der Waals surface area contributed by atoms with Crippen LogP contribution in [0.4, 0.5) is 4.79 Å². The molecule has 0 aromatic carbocycles. The van der Waals surface area contributed by atoms with Gasteiger partial charge in [-0.15, -0.1) is 0 Å². The number of aromatic nitrogens is 1. The Bertz CT molecular complexity index is 402. The SMILES string of the molecule is CCCCOC(=O)NCCc1conc1C(=O)O. The summed E-state index contributed by atoms with van der Waals surface area (Å²) in [5.41, 5.74) is 0.313. The molecule has 1 aromatic heterocycles. The van der Waals surface area contributed by atoms with Crippen molar-refractivity contribution < 1.29 is 24.0 Å². The molecular weight excluding hydrogens is 240 g/mol. The van der Waals surface area contributed by atoms with Crippen molar-refractivity contribution in [3.63, 3.8) is 0 Å². The molecule has 0 bridgehead atoms. The molecule has 0 unspecified atom stereocenters. The monoisotopic (exact) mass is 256 g/mol. The number of carbonyl (C=O) groups is 2. The molecule has 100 valence electrons. The highest BCUT2D eigenvalue weighted by molar-refractivity contribution is 5.86. The largest absolute Gasteiger partial charge is 0.476 e. The third-order valence-corrected chi connectivity index (χ3v) is 2.24. The Morgan fingerprint density at radius 3 is 3.00 bits per heavy atom. The first-order valence-electron chi connectivity index (χ1n) is 5.72. The molecule has 0 atom stereocenters. The van der Waals surface area contributed by atoms with Crippen molar-refractivity contribution in [1.82, 2.24) is 10.5 Å². The van der Waals surface area contributed by atoms with Crippen LogP contribution in [0.5, 0.6) is 0 Å². The molecule has 1 aromatic rings. The predicted octanol–water partition coefficient (Wildman–Crippen LogP) is 1.44. The number of aromatic carboxylic acids is 1. The van der Waals surface area contributed by atoms with Crippen LogP contribution in [-0.4, -0.2) is 35.5 Å². The van der Waals surface area contributed by atoms with Crippen LogP contribution >= 0.6 is 0 Å². The normalized spacial score (nSPS) is 10.1. The van der Waals surface area contributed by atoms with Crippen LogP contribution in [0.2, 0.25) is 0 Å². The first-order valence-corrected chi connectivity index (χ1v) is 5.72. The van der Waals surface area contributed by atoms with Crippen LogP contribution < -0.4 is 5.32 Å². The van der Waals surface area contributed by atoms with E-state index in [1.165, 1.54) is 6.26 Å². The molecule has 1 amide bonds. The molecule has 0 spiro atoms. The van der Waals surface area contributed by atoms with E-state index in [4.69, 9.17) is 9.84 Å². The lowest BCUT2D eigenvalue weighted by Crippen LogP contribution is -2.27. The first kappa shape index (κ1) is 14.0. The number of ether oxygens (including phenoxy) is 1. The first-order chi connectivity index (χ1) is 8.65. The standard InChI is InChI=1S/C11H16N2O5/c1-2-3-6-17-11(16)12-5-4-8-7-18-13-9(8)10(14)15/h7H,2-6H2,1H3,(H,12,16)(H,14,15). The van der Waals surface area contributed by atoms with Gasteiger partial charge in [0.15, 0.2) is 5.69 Å². The Morgan fingerprint density at radius 1 is 1.56 bits per heavy atom. The van der Waals surface area contributed by atoms with Crippen molar-refractivity contribution >= 4 is 12.1 Å². The molecule has 7 heteroatoms. The summed E-state index contributed by atoms with van der Waals surface area (Å²) < 4.78 is 9.44. The second kappa shape index (κ2) is 7.31. The summed E-state index contributed by atoms with van der Waals surface area (Å²) in [6, 6.07) is 0.